The van der Waals surface area contributed by atoms with Gasteiger partial charge in [-0.2, -0.15) is 5.10 Å². The Hall–Kier alpha value is -1.62. The zero-order valence-corrected chi connectivity index (χ0v) is 13.9. The lowest BCUT2D eigenvalue weighted by Gasteiger charge is -2.21. The lowest BCUT2D eigenvalue weighted by molar-refractivity contribution is 0.0519. The summed E-state index contributed by atoms with van der Waals surface area (Å²) in [6.45, 7) is 2.09. The van der Waals surface area contributed by atoms with Crippen molar-refractivity contribution in [2.75, 3.05) is 6.61 Å². The second kappa shape index (κ2) is 5.78. The SMILES string of the molecule is CCOC(=O)c1cc2nc(CC3CC4CCC3C4)cc(Cl)n2n1. The Morgan fingerprint density at radius 3 is 2.96 bits per heavy atom. The first-order chi connectivity index (χ1) is 11.1. The van der Waals surface area contributed by atoms with Crippen LogP contribution in [0, 0.1) is 17.8 Å². The first kappa shape index (κ1) is 14.9. The summed E-state index contributed by atoms with van der Waals surface area (Å²) < 4.78 is 6.48. The Balaban J connectivity index is 1.60. The van der Waals surface area contributed by atoms with Crippen LogP contribution in [0.25, 0.3) is 5.65 Å². The summed E-state index contributed by atoms with van der Waals surface area (Å²) in [7, 11) is 0. The molecule has 122 valence electrons. The molecule has 0 aliphatic heterocycles. The van der Waals surface area contributed by atoms with E-state index in [2.05, 4.69) is 10.1 Å². The number of nitrogens with zero attached hydrogens (tertiary/aromatic N) is 3. The molecular weight excluding hydrogens is 314 g/mol. The van der Waals surface area contributed by atoms with Gasteiger partial charge in [-0.25, -0.2) is 14.3 Å². The van der Waals surface area contributed by atoms with Crippen molar-refractivity contribution < 1.29 is 9.53 Å². The fourth-order valence-electron chi connectivity index (χ4n) is 4.29. The first-order valence-electron chi connectivity index (χ1n) is 8.36. The largest absolute Gasteiger partial charge is 0.461 e. The average Bonchev–Trinajstić information content (AvgIpc) is 3.21. The minimum atomic E-state index is -0.441. The molecule has 2 bridgehead atoms. The van der Waals surface area contributed by atoms with Gasteiger partial charge in [0.15, 0.2) is 11.3 Å². The fourth-order valence-corrected chi connectivity index (χ4v) is 4.54. The van der Waals surface area contributed by atoms with E-state index in [-0.39, 0.29) is 5.69 Å². The smallest absolute Gasteiger partial charge is 0.358 e. The molecule has 2 aliphatic rings. The van der Waals surface area contributed by atoms with Crippen molar-refractivity contribution in [3.05, 3.63) is 28.7 Å². The molecule has 2 aromatic rings. The molecule has 6 heteroatoms. The van der Waals surface area contributed by atoms with E-state index in [0.717, 1.165) is 29.9 Å². The van der Waals surface area contributed by atoms with E-state index in [1.54, 1.807) is 13.0 Å². The molecule has 0 aromatic carbocycles. The van der Waals surface area contributed by atoms with Gasteiger partial charge in [-0.3, -0.25) is 0 Å². The molecule has 4 rings (SSSR count). The number of hydrogen-bond donors (Lipinski definition) is 0. The van der Waals surface area contributed by atoms with Crippen LogP contribution in [0.5, 0.6) is 0 Å². The molecule has 3 unspecified atom stereocenters. The third-order valence-corrected chi connectivity index (χ3v) is 5.55. The van der Waals surface area contributed by atoms with Gasteiger partial charge in [-0.05, 0) is 56.4 Å². The standard InChI is InChI=1S/C17H20ClN3O2/c1-2-23-17(22)14-9-16-19-13(8-15(18)21(16)20-14)7-12-6-10-3-4-11(12)5-10/h8-12H,2-7H2,1H3. The normalized spacial score (nSPS) is 26.1. The van der Waals surface area contributed by atoms with E-state index in [4.69, 9.17) is 16.3 Å². The maximum absolute atomic E-state index is 11.8. The quantitative estimate of drug-likeness (QED) is 0.634. The summed E-state index contributed by atoms with van der Waals surface area (Å²) in [4.78, 5) is 16.5. The van der Waals surface area contributed by atoms with Gasteiger partial charge in [0, 0.05) is 11.8 Å². The molecule has 5 nitrogen and oxygen atoms in total. The van der Waals surface area contributed by atoms with E-state index in [1.807, 2.05) is 6.07 Å². The van der Waals surface area contributed by atoms with Crippen molar-refractivity contribution in [1.82, 2.24) is 14.6 Å². The van der Waals surface area contributed by atoms with Crippen molar-refractivity contribution >= 4 is 23.2 Å². The van der Waals surface area contributed by atoms with Crippen LogP contribution in [0.2, 0.25) is 5.15 Å². The number of ether oxygens (including phenoxy) is 1. The van der Waals surface area contributed by atoms with Crippen molar-refractivity contribution in [1.29, 1.82) is 0 Å². The highest BCUT2D eigenvalue weighted by atomic mass is 35.5. The van der Waals surface area contributed by atoms with Crippen LogP contribution in [0.1, 0.15) is 48.8 Å². The Kier molecular flexibility index (Phi) is 3.76. The zero-order valence-electron chi connectivity index (χ0n) is 13.2. The number of carbonyl (C=O) groups excluding carboxylic acids is 1. The minimum absolute atomic E-state index is 0.248. The van der Waals surface area contributed by atoms with Crippen LogP contribution in [0.4, 0.5) is 0 Å². The van der Waals surface area contributed by atoms with Crippen LogP contribution in [-0.4, -0.2) is 27.2 Å². The Morgan fingerprint density at radius 2 is 2.26 bits per heavy atom. The summed E-state index contributed by atoms with van der Waals surface area (Å²) in [6.07, 6.45) is 6.45. The molecule has 0 amide bonds. The molecule has 3 atom stereocenters. The van der Waals surface area contributed by atoms with Crippen LogP contribution in [0.3, 0.4) is 0 Å². The maximum atomic E-state index is 11.8. The molecule has 0 spiro atoms. The number of fused-ring (bicyclic) bond motifs is 3. The Bertz CT molecular complexity index is 758. The van der Waals surface area contributed by atoms with Gasteiger partial charge in [0.05, 0.1) is 6.61 Å². The molecule has 2 heterocycles. The molecule has 0 saturated heterocycles. The van der Waals surface area contributed by atoms with Crippen LogP contribution in [-0.2, 0) is 11.2 Å². The molecule has 2 aromatic heterocycles. The molecule has 2 fully saturated rings. The summed E-state index contributed by atoms with van der Waals surface area (Å²) in [6, 6.07) is 3.52. The van der Waals surface area contributed by atoms with Gasteiger partial charge in [0.25, 0.3) is 0 Å². The Morgan fingerprint density at radius 1 is 1.39 bits per heavy atom. The summed E-state index contributed by atoms with van der Waals surface area (Å²) in [5.74, 6) is 2.07. The van der Waals surface area contributed by atoms with Crippen molar-refractivity contribution in [2.45, 2.75) is 39.0 Å². The van der Waals surface area contributed by atoms with Crippen LogP contribution in [0.15, 0.2) is 12.1 Å². The predicted octanol–water partition coefficient (Wildman–Crippen LogP) is 3.54. The summed E-state index contributed by atoms with van der Waals surface area (Å²) in [5.41, 5.74) is 1.85. The van der Waals surface area contributed by atoms with Crippen molar-refractivity contribution in [2.24, 2.45) is 17.8 Å². The highest BCUT2D eigenvalue weighted by Crippen LogP contribution is 2.49. The number of esters is 1. The lowest BCUT2D eigenvalue weighted by Crippen LogP contribution is -2.14. The van der Waals surface area contributed by atoms with Crippen LogP contribution >= 0.6 is 11.6 Å². The van der Waals surface area contributed by atoms with Gasteiger partial charge in [-0.15, -0.1) is 0 Å². The maximum Gasteiger partial charge on any atom is 0.358 e. The predicted molar refractivity (Wildman–Crippen MR) is 86.6 cm³/mol. The molecule has 0 N–H and O–H groups in total. The minimum Gasteiger partial charge on any atom is -0.461 e. The number of rotatable bonds is 4. The van der Waals surface area contributed by atoms with Gasteiger partial charge >= 0.3 is 5.97 Å². The molecular formula is C17H20ClN3O2. The van der Waals surface area contributed by atoms with E-state index >= 15 is 0 Å². The van der Waals surface area contributed by atoms with E-state index in [1.165, 1.54) is 30.2 Å². The molecule has 0 radical (unpaired) electrons. The van der Waals surface area contributed by atoms with Gasteiger partial charge in [0.1, 0.15) is 5.15 Å². The molecule has 23 heavy (non-hydrogen) atoms. The third kappa shape index (κ3) is 2.71. The van der Waals surface area contributed by atoms with E-state index in [0.29, 0.717) is 17.4 Å². The summed E-state index contributed by atoms with van der Waals surface area (Å²) >= 11 is 6.33. The topological polar surface area (TPSA) is 56.5 Å². The number of aromatic nitrogens is 3. The second-order valence-electron chi connectivity index (χ2n) is 6.73. The highest BCUT2D eigenvalue weighted by Gasteiger charge is 2.39. The zero-order chi connectivity index (χ0) is 16.0. The first-order valence-corrected chi connectivity index (χ1v) is 8.74. The lowest BCUT2D eigenvalue weighted by atomic mass is 9.85. The van der Waals surface area contributed by atoms with E-state index < -0.39 is 5.97 Å². The summed E-state index contributed by atoms with van der Waals surface area (Å²) in [5, 5.41) is 4.68. The molecule has 2 aliphatic carbocycles. The fraction of sp³-hybridized carbons (Fsp3) is 0.588. The van der Waals surface area contributed by atoms with Crippen molar-refractivity contribution in [3.8, 4) is 0 Å². The monoisotopic (exact) mass is 333 g/mol. The number of hydrogen-bond acceptors (Lipinski definition) is 4. The Labute approximate surface area is 140 Å². The van der Waals surface area contributed by atoms with Gasteiger partial charge in [-0.1, -0.05) is 18.0 Å². The average molecular weight is 334 g/mol. The van der Waals surface area contributed by atoms with Crippen molar-refractivity contribution in [3.63, 3.8) is 0 Å². The number of carbonyl (C=O) groups is 1. The number of halogens is 1. The van der Waals surface area contributed by atoms with Gasteiger partial charge in [0.2, 0.25) is 0 Å². The van der Waals surface area contributed by atoms with Crippen LogP contribution < -0.4 is 0 Å². The second-order valence-corrected chi connectivity index (χ2v) is 7.12. The third-order valence-electron chi connectivity index (χ3n) is 5.28. The highest BCUT2D eigenvalue weighted by molar-refractivity contribution is 6.29. The molecule has 2 saturated carbocycles. The van der Waals surface area contributed by atoms with E-state index in [9.17, 15) is 4.79 Å². The van der Waals surface area contributed by atoms with Gasteiger partial charge < -0.3 is 4.74 Å².